The summed E-state index contributed by atoms with van der Waals surface area (Å²) in [6, 6.07) is 0. The SMILES string of the molecule is CC1C[C@@H](C)OC(=O)CCC(C(C)C)C(=O)O1. The standard InChI is InChI=1S/C13H22O4/c1-8(2)11-5-6-12(14)16-9(3)7-10(4)17-13(11)15/h8-11H,5-7H2,1-4H3/t9-,10?,11?/m1/s1. The smallest absolute Gasteiger partial charge is 0.309 e. The van der Waals surface area contributed by atoms with Crippen molar-refractivity contribution in [1.29, 1.82) is 0 Å². The Morgan fingerprint density at radius 2 is 1.71 bits per heavy atom. The fourth-order valence-corrected chi connectivity index (χ4v) is 2.13. The number of ether oxygens (including phenoxy) is 2. The van der Waals surface area contributed by atoms with Crippen LogP contribution in [0.5, 0.6) is 0 Å². The van der Waals surface area contributed by atoms with Crippen LogP contribution in [0.15, 0.2) is 0 Å². The van der Waals surface area contributed by atoms with Gasteiger partial charge in [-0.05, 0) is 26.2 Å². The van der Waals surface area contributed by atoms with Crippen LogP contribution in [0, 0.1) is 11.8 Å². The van der Waals surface area contributed by atoms with Gasteiger partial charge in [0.15, 0.2) is 0 Å². The molecule has 1 aliphatic heterocycles. The van der Waals surface area contributed by atoms with Crippen LogP contribution in [-0.4, -0.2) is 24.1 Å². The Balaban J connectivity index is 2.74. The van der Waals surface area contributed by atoms with Crippen LogP contribution in [0.1, 0.15) is 47.0 Å². The average molecular weight is 242 g/mol. The van der Waals surface area contributed by atoms with Crippen LogP contribution in [0.3, 0.4) is 0 Å². The minimum atomic E-state index is -0.218. The van der Waals surface area contributed by atoms with E-state index in [9.17, 15) is 9.59 Å². The molecule has 0 saturated carbocycles. The molecule has 1 rings (SSSR count). The molecular weight excluding hydrogens is 220 g/mol. The quantitative estimate of drug-likeness (QED) is 0.662. The molecule has 0 aromatic rings. The highest BCUT2D eigenvalue weighted by Gasteiger charge is 2.28. The maximum atomic E-state index is 11.9. The number of rotatable bonds is 1. The Morgan fingerprint density at radius 3 is 2.29 bits per heavy atom. The summed E-state index contributed by atoms with van der Waals surface area (Å²) in [5.74, 6) is -0.433. The van der Waals surface area contributed by atoms with Gasteiger partial charge in [0.1, 0.15) is 12.2 Å². The largest absolute Gasteiger partial charge is 0.463 e. The van der Waals surface area contributed by atoms with Gasteiger partial charge in [0.2, 0.25) is 0 Å². The van der Waals surface area contributed by atoms with E-state index in [-0.39, 0.29) is 42.4 Å². The van der Waals surface area contributed by atoms with Gasteiger partial charge in [-0.25, -0.2) is 0 Å². The molecule has 0 spiro atoms. The third-order valence-electron chi connectivity index (χ3n) is 3.08. The average Bonchev–Trinajstić information content (AvgIpc) is 2.14. The summed E-state index contributed by atoms with van der Waals surface area (Å²) < 4.78 is 10.6. The van der Waals surface area contributed by atoms with E-state index in [4.69, 9.17) is 9.47 Å². The van der Waals surface area contributed by atoms with Crippen LogP contribution >= 0.6 is 0 Å². The van der Waals surface area contributed by atoms with Gasteiger partial charge in [0.25, 0.3) is 0 Å². The van der Waals surface area contributed by atoms with Gasteiger partial charge >= 0.3 is 11.9 Å². The summed E-state index contributed by atoms with van der Waals surface area (Å²) in [6.45, 7) is 7.59. The molecule has 4 nitrogen and oxygen atoms in total. The molecule has 3 atom stereocenters. The van der Waals surface area contributed by atoms with Crippen molar-refractivity contribution < 1.29 is 19.1 Å². The Kier molecular flexibility index (Phi) is 4.97. The summed E-state index contributed by atoms with van der Waals surface area (Å²) >= 11 is 0. The van der Waals surface area contributed by atoms with Gasteiger partial charge in [0, 0.05) is 12.8 Å². The molecule has 4 heteroatoms. The lowest BCUT2D eigenvalue weighted by molar-refractivity contribution is -0.162. The minimum Gasteiger partial charge on any atom is -0.463 e. The lowest BCUT2D eigenvalue weighted by Crippen LogP contribution is -2.31. The van der Waals surface area contributed by atoms with Crippen molar-refractivity contribution in [3.05, 3.63) is 0 Å². The van der Waals surface area contributed by atoms with Crippen molar-refractivity contribution >= 4 is 11.9 Å². The highest BCUT2D eigenvalue weighted by molar-refractivity contribution is 5.75. The second-order valence-electron chi connectivity index (χ2n) is 5.17. The number of cyclic esters (lactones) is 2. The zero-order valence-corrected chi connectivity index (χ0v) is 11.1. The predicted octanol–water partition coefficient (Wildman–Crippen LogP) is 2.31. The van der Waals surface area contributed by atoms with Crippen molar-refractivity contribution in [2.24, 2.45) is 11.8 Å². The lowest BCUT2D eigenvalue weighted by Gasteiger charge is -2.25. The number of carbonyl (C=O) groups excluding carboxylic acids is 2. The van der Waals surface area contributed by atoms with Gasteiger partial charge < -0.3 is 9.47 Å². The molecule has 0 aliphatic carbocycles. The van der Waals surface area contributed by atoms with Gasteiger partial charge in [-0.15, -0.1) is 0 Å². The Bertz CT molecular complexity index is 285. The molecule has 0 bridgehead atoms. The molecule has 0 aromatic heterocycles. The molecule has 17 heavy (non-hydrogen) atoms. The highest BCUT2D eigenvalue weighted by Crippen LogP contribution is 2.22. The summed E-state index contributed by atoms with van der Waals surface area (Å²) in [5, 5.41) is 0. The molecule has 0 amide bonds. The van der Waals surface area contributed by atoms with Crippen molar-refractivity contribution in [2.45, 2.75) is 59.2 Å². The Hall–Kier alpha value is -1.06. The maximum Gasteiger partial charge on any atom is 0.309 e. The number of carbonyl (C=O) groups is 2. The van der Waals surface area contributed by atoms with Crippen LogP contribution in [0.4, 0.5) is 0 Å². The van der Waals surface area contributed by atoms with E-state index in [0.29, 0.717) is 12.8 Å². The second kappa shape index (κ2) is 6.03. The first-order valence-corrected chi connectivity index (χ1v) is 6.30. The third kappa shape index (κ3) is 4.36. The molecule has 1 aliphatic rings. The first kappa shape index (κ1) is 14.0. The molecule has 0 radical (unpaired) electrons. The summed E-state index contributed by atoms with van der Waals surface area (Å²) in [4.78, 5) is 23.4. The Morgan fingerprint density at radius 1 is 1.12 bits per heavy atom. The molecule has 98 valence electrons. The van der Waals surface area contributed by atoms with Crippen molar-refractivity contribution in [2.75, 3.05) is 0 Å². The van der Waals surface area contributed by atoms with E-state index < -0.39 is 0 Å². The first-order valence-electron chi connectivity index (χ1n) is 6.30. The van der Waals surface area contributed by atoms with Crippen LogP contribution in [0.25, 0.3) is 0 Å². The maximum absolute atomic E-state index is 11.9. The van der Waals surface area contributed by atoms with E-state index in [1.165, 1.54) is 0 Å². The van der Waals surface area contributed by atoms with Gasteiger partial charge in [-0.3, -0.25) is 9.59 Å². The molecule has 0 aromatic carbocycles. The van der Waals surface area contributed by atoms with Gasteiger partial charge in [-0.2, -0.15) is 0 Å². The monoisotopic (exact) mass is 242 g/mol. The van der Waals surface area contributed by atoms with Crippen LogP contribution in [-0.2, 0) is 19.1 Å². The molecular formula is C13H22O4. The molecule has 0 N–H and O–H groups in total. The van der Waals surface area contributed by atoms with Crippen LogP contribution < -0.4 is 0 Å². The van der Waals surface area contributed by atoms with Crippen molar-refractivity contribution in [3.63, 3.8) is 0 Å². The van der Waals surface area contributed by atoms with E-state index in [0.717, 1.165) is 0 Å². The van der Waals surface area contributed by atoms with Gasteiger partial charge in [-0.1, -0.05) is 13.8 Å². The molecule has 2 unspecified atom stereocenters. The van der Waals surface area contributed by atoms with E-state index >= 15 is 0 Å². The fraction of sp³-hybridized carbons (Fsp3) is 0.846. The molecule has 1 fully saturated rings. The summed E-state index contributed by atoms with van der Waals surface area (Å²) in [5.41, 5.74) is 0. The third-order valence-corrected chi connectivity index (χ3v) is 3.08. The first-order chi connectivity index (χ1) is 7.90. The molecule has 1 saturated heterocycles. The number of hydrogen-bond donors (Lipinski definition) is 0. The molecule has 1 heterocycles. The van der Waals surface area contributed by atoms with E-state index in [1.54, 1.807) is 0 Å². The van der Waals surface area contributed by atoms with Crippen LogP contribution in [0.2, 0.25) is 0 Å². The lowest BCUT2D eigenvalue weighted by atomic mass is 9.91. The number of hydrogen-bond acceptors (Lipinski definition) is 4. The fourth-order valence-electron chi connectivity index (χ4n) is 2.13. The summed E-state index contributed by atoms with van der Waals surface area (Å²) in [6.07, 6.45) is 0.957. The highest BCUT2D eigenvalue weighted by atomic mass is 16.6. The zero-order chi connectivity index (χ0) is 13.0. The van der Waals surface area contributed by atoms with Crippen molar-refractivity contribution in [1.82, 2.24) is 0 Å². The van der Waals surface area contributed by atoms with E-state index in [1.807, 2.05) is 27.7 Å². The van der Waals surface area contributed by atoms with Crippen molar-refractivity contribution in [3.8, 4) is 0 Å². The predicted molar refractivity (Wildman–Crippen MR) is 63.3 cm³/mol. The normalized spacial score (nSPS) is 31.9. The summed E-state index contributed by atoms with van der Waals surface area (Å²) in [7, 11) is 0. The topological polar surface area (TPSA) is 52.6 Å². The number of esters is 2. The van der Waals surface area contributed by atoms with Gasteiger partial charge in [0.05, 0.1) is 5.92 Å². The Labute approximate surface area is 103 Å². The van der Waals surface area contributed by atoms with E-state index in [2.05, 4.69) is 0 Å². The zero-order valence-electron chi connectivity index (χ0n) is 11.1. The second-order valence-corrected chi connectivity index (χ2v) is 5.17. The minimum absolute atomic E-state index is 0.180.